The maximum atomic E-state index is 12.3. The second-order valence-corrected chi connectivity index (χ2v) is 9.37. The zero-order valence-corrected chi connectivity index (χ0v) is 18.8. The molecule has 1 saturated heterocycles. The van der Waals surface area contributed by atoms with Gasteiger partial charge in [0.1, 0.15) is 23.4 Å². The summed E-state index contributed by atoms with van der Waals surface area (Å²) in [4.78, 5) is 25.8. The fourth-order valence-electron chi connectivity index (χ4n) is 3.99. The number of nitrogens with zero attached hydrogens (tertiary/aromatic N) is 1. The Morgan fingerprint density at radius 2 is 2.09 bits per heavy atom. The van der Waals surface area contributed by atoms with Crippen LogP contribution in [0.3, 0.4) is 0 Å². The Morgan fingerprint density at radius 1 is 1.28 bits per heavy atom. The number of rotatable bonds is 7. The van der Waals surface area contributed by atoms with Crippen LogP contribution in [0.2, 0.25) is 0 Å². The van der Waals surface area contributed by atoms with Crippen molar-refractivity contribution in [3.63, 3.8) is 0 Å². The average molecular weight is 455 g/mol. The summed E-state index contributed by atoms with van der Waals surface area (Å²) in [6.07, 6.45) is 4.99. The van der Waals surface area contributed by atoms with Crippen LogP contribution in [0.5, 0.6) is 5.75 Å². The number of benzene rings is 1. The van der Waals surface area contributed by atoms with E-state index in [0.717, 1.165) is 49.2 Å². The van der Waals surface area contributed by atoms with Crippen molar-refractivity contribution in [3.8, 4) is 11.8 Å². The van der Waals surface area contributed by atoms with Gasteiger partial charge in [-0.15, -0.1) is 11.3 Å². The van der Waals surface area contributed by atoms with Gasteiger partial charge in [0.05, 0.1) is 17.2 Å². The Kier molecular flexibility index (Phi) is 7.08. The molecule has 2 aliphatic rings. The summed E-state index contributed by atoms with van der Waals surface area (Å²) < 4.78 is 16.4. The fraction of sp³-hybridized carbons (Fsp3) is 0.458. The van der Waals surface area contributed by atoms with E-state index in [1.54, 1.807) is 24.3 Å². The molecular weight excluding hydrogens is 428 g/mol. The quantitative estimate of drug-likeness (QED) is 0.633. The molecule has 2 aromatic rings. The Labute approximate surface area is 191 Å². The van der Waals surface area contributed by atoms with Crippen LogP contribution in [0.1, 0.15) is 52.5 Å². The molecule has 1 aromatic carbocycles. The largest absolute Gasteiger partial charge is 0.491 e. The summed E-state index contributed by atoms with van der Waals surface area (Å²) in [5.74, 6) is 0.170. The summed E-state index contributed by atoms with van der Waals surface area (Å²) in [5, 5.41) is 12.8. The van der Waals surface area contributed by atoms with E-state index >= 15 is 0 Å². The molecule has 2 atom stereocenters. The van der Waals surface area contributed by atoms with Crippen molar-refractivity contribution < 1.29 is 23.8 Å². The van der Waals surface area contributed by atoms with E-state index in [2.05, 4.69) is 18.3 Å². The van der Waals surface area contributed by atoms with Gasteiger partial charge in [0, 0.05) is 11.5 Å². The van der Waals surface area contributed by atoms with Crippen molar-refractivity contribution in [2.24, 2.45) is 5.92 Å². The van der Waals surface area contributed by atoms with E-state index in [1.807, 2.05) is 0 Å². The lowest BCUT2D eigenvalue weighted by Gasteiger charge is -2.17. The van der Waals surface area contributed by atoms with Crippen LogP contribution in [0, 0.1) is 17.2 Å². The van der Waals surface area contributed by atoms with E-state index in [4.69, 9.17) is 14.2 Å². The maximum Gasteiger partial charge on any atom is 0.338 e. The van der Waals surface area contributed by atoms with Gasteiger partial charge in [0.15, 0.2) is 6.61 Å². The van der Waals surface area contributed by atoms with Gasteiger partial charge in [-0.1, -0.05) is 6.92 Å². The molecule has 1 amide bonds. The Morgan fingerprint density at radius 3 is 2.81 bits per heavy atom. The number of amides is 1. The van der Waals surface area contributed by atoms with Gasteiger partial charge in [-0.3, -0.25) is 4.79 Å². The first kappa shape index (κ1) is 22.3. The lowest BCUT2D eigenvalue weighted by atomic mass is 9.89. The number of anilines is 1. The van der Waals surface area contributed by atoms with Crippen molar-refractivity contribution in [3.05, 3.63) is 45.8 Å². The third-order valence-corrected chi connectivity index (χ3v) is 6.93. The first-order chi connectivity index (χ1) is 15.5. The lowest BCUT2D eigenvalue weighted by molar-refractivity contribution is -0.119. The van der Waals surface area contributed by atoms with Crippen molar-refractivity contribution in [1.29, 1.82) is 5.26 Å². The second kappa shape index (κ2) is 10.2. The minimum atomic E-state index is -0.592. The minimum absolute atomic E-state index is 0.122. The smallest absolute Gasteiger partial charge is 0.338 e. The van der Waals surface area contributed by atoms with Crippen LogP contribution in [-0.2, 0) is 27.1 Å². The van der Waals surface area contributed by atoms with Crippen molar-refractivity contribution >= 4 is 28.2 Å². The van der Waals surface area contributed by atoms with Crippen LogP contribution >= 0.6 is 11.3 Å². The molecular formula is C24H26N2O5S. The number of nitrogens with one attached hydrogen (secondary N) is 1. The third kappa shape index (κ3) is 5.29. The van der Waals surface area contributed by atoms with Gasteiger partial charge in [-0.25, -0.2) is 4.79 Å². The van der Waals surface area contributed by atoms with Gasteiger partial charge in [-0.2, -0.15) is 5.26 Å². The first-order valence-corrected chi connectivity index (χ1v) is 11.7. The highest BCUT2D eigenvalue weighted by molar-refractivity contribution is 7.16. The lowest BCUT2D eigenvalue weighted by Crippen LogP contribution is -2.21. The molecule has 168 valence electrons. The molecule has 7 nitrogen and oxygen atoms in total. The molecule has 0 saturated carbocycles. The zero-order chi connectivity index (χ0) is 22.5. The van der Waals surface area contributed by atoms with Crippen LogP contribution in [0.4, 0.5) is 5.00 Å². The molecule has 0 unspecified atom stereocenters. The van der Waals surface area contributed by atoms with Crippen LogP contribution < -0.4 is 10.1 Å². The Hall–Kier alpha value is -2.89. The number of hydrogen-bond acceptors (Lipinski definition) is 7. The molecule has 1 aliphatic heterocycles. The number of thiophene rings is 1. The number of ether oxygens (including phenoxy) is 3. The van der Waals surface area contributed by atoms with E-state index < -0.39 is 18.5 Å². The fourth-order valence-corrected chi connectivity index (χ4v) is 5.36. The highest BCUT2D eigenvalue weighted by Gasteiger charge is 2.25. The summed E-state index contributed by atoms with van der Waals surface area (Å²) in [6.45, 7) is 3.03. The van der Waals surface area contributed by atoms with Crippen molar-refractivity contribution in [2.75, 3.05) is 25.1 Å². The molecule has 0 spiro atoms. The number of esters is 1. The molecule has 2 heterocycles. The van der Waals surface area contributed by atoms with Crippen molar-refractivity contribution in [1.82, 2.24) is 0 Å². The molecule has 4 rings (SSSR count). The molecule has 32 heavy (non-hydrogen) atoms. The number of nitriles is 1. The van der Waals surface area contributed by atoms with Gasteiger partial charge in [0.25, 0.3) is 5.91 Å². The van der Waals surface area contributed by atoms with Crippen molar-refractivity contribution in [2.45, 2.75) is 45.1 Å². The third-order valence-electron chi connectivity index (χ3n) is 5.76. The van der Waals surface area contributed by atoms with Crippen LogP contribution in [-0.4, -0.2) is 37.8 Å². The number of carbonyl (C=O) groups is 2. The van der Waals surface area contributed by atoms with E-state index in [0.29, 0.717) is 34.4 Å². The minimum Gasteiger partial charge on any atom is -0.491 e. The SMILES string of the molecule is C[C@@H]1CCc2c(sc(NC(=O)COC(=O)c3ccc(OC[C@@H]4CCCO4)cc3)c2C#N)C1. The number of fused-ring (bicyclic) bond motifs is 1. The van der Waals surface area contributed by atoms with Crippen LogP contribution in [0.15, 0.2) is 24.3 Å². The zero-order valence-electron chi connectivity index (χ0n) is 18.0. The highest BCUT2D eigenvalue weighted by Crippen LogP contribution is 2.39. The van der Waals surface area contributed by atoms with Gasteiger partial charge >= 0.3 is 5.97 Å². The second-order valence-electron chi connectivity index (χ2n) is 8.26. The predicted octanol–water partition coefficient (Wildman–Crippen LogP) is 4.10. The maximum absolute atomic E-state index is 12.3. The Balaban J connectivity index is 1.28. The summed E-state index contributed by atoms with van der Waals surface area (Å²) >= 11 is 1.45. The van der Waals surface area contributed by atoms with E-state index in [-0.39, 0.29) is 6.10 Å². The van der Waals surface area contributed by atoms with E-state index in [1.165, 1.54) is 11.3 Å². The number of hydrogen-bond donors (Lipinski definition) is 1. The molecule has 1 fully saturated rings. The van der Waals surface area contributed by atoms with Gasteiger partial charge in [0.2, 0.25) is 0 Å². The standard InChI is InChI=1S/C24H26N2O5S/c1-15-4-9-19-20(12-25)23(32-21(19)11-15)26-22(27)14-31-24(28)16-5-7-17(8-6-16)30-13-18-3-2-10-29-18/h5-8,15,18H,2-4,9-11,13-14H2,1H3,(H,26,27)/t15-,18+/m1/s1. The number of carbonyl (C=O) groups excluding carboxylic acids is 2. The molecule has 1 aliphatic carbocycles. The van der Waals surface area contributed by atoms with Gasteiger partial charge < -0.3 is 19.5 Å². The average Bonchev–Trinajstić information content (AvgIpc) is 3.43. The topological polar surface area (TPSA) is 97.7 Å². The highest BCUT2D eigenvalue weighted by atomic mass is 32.1. The molecule has 0 bridgehead atoms. The molecule has 1 aromatic heterocycles. The van der Waals surface area contributed by atoms with Crippen LogP contribution in [0.25, 0.3) is 0 Å². The summed E-state index contributed by atoms with van der Waals surface area (Å²) in [6, 6.07) is 8.82. The molecule has 8 heteroatoms. The monoisotopic (exact) mass is 454 g/mol. The molecule has 1 N–H and O–H groups in total. The predicted molar refractivity (Wildman–Crippen MR) is 120 cm³/mol. The summed E-state index contributed by atoms with van der Waals surface area (Å²) in [5.41, 5.74) is 1.92. The van der Waals surface area contributed by atoms with Gasteiger partial charge in [-0.05, 0) is 67.9 Å². The summed E-state index contributed by atoms with van der Waals surface area (Å²) in [7, 11) is 0. The molecule has 0 radical (unpaired) electrons. The van der Waals surface area contributed by atoms with E-state index in [9.17, 15) is 14.9 Å². The normalized spacial score (nSPS) is 19.6. The Bertz CT molecular complexity index is 1020. The first-order valence-electron chi connectivity index (χ1n) is 10.9.